The number of hydrogen-bond donors (Lipinski definition) is 2. The van der Waals surface area contributed by atoms with Crippen molar-refractivity contribution in [1.29, 1.82) is 0 Å². The van der Waals surface area contributed by atoms with E-state index in [0.29, 0.717) is 47.3 Å². The fraction of sp³-hybridized carbons (Fsp3) is 0.250. The molecule has 11 heteroatoms. The summed E-state index contributed by atoms with van der Waals surface area (Å²) in [6.07, 6.45) is 2.49. The number of rotatable bonds is 6. The highest BCUT2D eigenvalue weighted by molar-refractivity contribution is 7.22. The summed E-state index contributed by atoms with van der Waals surface area (Å²) in [4.78, 5) is 17.4. The molecule has 1 aromatic carbocycles. The third-order valence-electron chi connectivity index (χ3n) is 5.32. The molecule has 4 heterocycles. The topological polar surface area (TPSA) is 109 Å². The van der Waals surface area contributed by atoms with Gasteiger partial charge in [-0.2, -0.15) is 10.1 Å². The normalized spacial score (nSPS) is 18.4. The van der Waals surface area contributed by atoms with Gasteiger partial charge in [0.2, 0.25) is 0 Å². The van der Waals surface area contributed by atoms with Crippen molar-refractivity contribution in [2.75, 3.05) is 25.0 Å². The highest BCUT2D eigenvalue weighted by Gasteiger charge is 2.31. The Balaban J connectivity index is 1.50. The second kappa shape index (κ2) is 8.00. The van der Waals surface area contributed by atoms with E-state index in [2.05, 4.69) is 30.7 Å². The summed E-state index contributed by atoms with van der Waals surface area (Å²) in [5, 5.41) is 18.9. The number of hydrogen-bond acceptors (Lipinski definition) is 9. The van der Waals surface area contributed by atoms with Crippen LogP contribution in [0.4, 0.5) is 9.52 Å². The molecule has 1 aliphatic rings. The number of ether oxygens (including phenoxy) is 1. The number of likely N-dealkylation sites (N-methyl/N-ethyl adjacent to an activating group) is 1. The summed E-state index contributed by atoms with van der Waals surface area (Å²) in [5.74, 6) is 0.363. The molecule has 1 aliphatic heterocycles. The molecule has 0 unspecified atom stereocenters. The molecule has 0 saturated carbocycles. The molecule has 9 nitrogen and oxygen atoms in total. The molecule has 0 aliphatic carbocycles. The van der Waals surface area contributed by atoms with E-state index in [1.165, 1.54) is 11.3 Å². The molecule has 0 amide bonds. The summed E-state index contributed by atoms with van der Waals surface area (Å²) >= 11 is 1.42. The van der Waals surface area contributed by atoms with E-state index in [1.807, 2.05) is 30.1 Å². The van der Waals surface area contributed by atoms with Gasteiger partial charge in [-0.1, -0.05) is 17.4 Å². The number of benzene rings is 1. The first-order chi connectivity index (χ1) is 15.1. The van der Waals surface area contributed by atoms with Gasteiger partial charge in [0.1, 0.15) is 11.9 Å². The van der Waals surface area contributed by atoms with Crippen LogP contribution in [0.25, 0.3) is 32.7 Å². The lowest BCUT2D eigenvalue weighted by molar-refractivity contribution is -0.120. The van der Waals surface area contributed by atoms with Gasteiger partial charge in [0.05, 0.1) is 22.6 Å². The van der Waals surface area contributed by atoms with Gasteiger partial charge in [-0.15, -0.1) is 10.2 Å². The lowest BCUT2D eigenvalue weighted by atomic mass is 10.0. The van der Waals surface area contributed by atoms with Crippen molar-refractivity contribution in [2.45, 2.75) is 12.2 Å². The third-order valence-corrected chi connectivity index (χ3v) is 6.40. The number of thiazole rings is 1. The molecular formula is C20H18FN7O2S. The van der Waals surface area contributed by atoms with Gasteiger partial charge in [0.15, 0.2) is 10.8 Å². The summed E-state index contributed by atoms with van der Waals surface area (Å²) in [6, 6.07) is 7.05. The number of aromatic nitrogens is 5. The van der Waals surface area contributed by atoms with Crippen LogP contribution in [-0.2, 0) is 4.79 Å². The predicted octanol–water partition coefficient (Wildman–Crippen LogP) is 2.42. The van der Waals surface area contributed by atoms with Gasteiger partial charge in [0.25, 0.3) is 6.47 Å². The monoisotopic (exact) mass is 439 g/mol. The molecule has 1 saturated heterocycles. The van der Waals surface area contributed by atoms with E-state index in [1.54, 1.807) is 18.5 Å². The largest absolute Gasteiger partial charge is 0.428 e. The van der Waals surface area contributed by atoms with Crippen molar-refractivity contribution < 1.29 is 13.9 Å². The highest BCUT2D eigenvalue weighted by atomic mass is 32.1. The van der Waals surface area contributed by atoms with E-state index in [0.717, 1.165) is 15.8 Å². The van der Waals surface area contributed by atoms with Crippen molar-refractivity contribution in [1.82, 2.24) is 30.7 Å². The number of nitrogens with one attached hydrogen (secondary N) is 2. The molecule has 158 valence electrons. The number of fused-ring (bicyclic) bond motifs is 1. The molecule has 0 radical (unpaired) electrons. The summed E-state index contributed by atoms with van der Waals surface area (Å²) in [6.45, 7) is 1.30. The predicted molar refractivity (Wildman–Crippen MR) is 115 cm³/mol. The number of carbonyl (C=O) groups excluding carboxylic acids is 1. The fourth-order valence-corrected chi connectivity index (χ4v) is 4.60. The van der Waals surface area contributed by atoms with E-state index < -0.39 is 6.17 Å². The van der Waals surface area contributed by atoms with E-state index >= 15 is 0 Å². The van der Waals surface area contributed by atoms with Crippen molar-refractivity contribution in [3.63, 3.8) is 0 Å². The maximum absolute atomic E-state index is 14.1. The zero-order chi connectivity index (χ0) is 21.4. The maximum Gasteiger partial charge on any atom is 0.298 e. The number of carbonyl (C=O) groups is 1. The summed E-state index contributed by atoms with van der Waals surface area (Å²) in [7, 11) is 1.83. The average Bonchev–Trinajstić information content (AvgIpc) is 3.53. The zero-order valence-electron chi connectivity index (χ0n) is 16.4. The molecule has 2 atom stereocenters. The standard InChI is InChI=1S/C20H18FN7O2S/c1-28(16-9-22-8-14(16)21)20-25-19-18(31-20)5-15(26-27-19)13-3-2-11(4-17(13)30-10-29)12-6-23-24-7-12/h2-7,10,14,16,22H,8-9H2,1H3,(H,23,24)/t14-,16+/m0/s1. The van der Waals surface area contributed by atoms with Crippen LogP contribution < -0.4 is 15.0 Å². The third kappa shape index (κ3) is 3.62. The van der Waals surface area contributed by atoms with E-state index in [9.17, 15) is 9.18 Å². The van der Waals surface area contributed by atoms with Gasteiger partial charge in [0, 0.05) is 37.5 Å². The van der Waals surface area contributed by atoms with Gasteiger partial charge in [-0.3, -0.25) is 9.89 Å². The smallest absolute Gasteiger partial charge is 0.298 e. The Morgan fingerprint density at radius 1 is 1.26 bits per heavy atom. The van der Waals surface area contributed by atoms with Crippen LogP contribution in [0.1, 0.15) is 0 Å². The Labute approximate surface area is 180 Å². The van der Waals surface area contributed by atoms with Crippen molar-refractivity contribution in [3.05, 3.63) is 36.7 Å². The van der Waals surface area contributed by atoms with Gasteiger partial charge >= 0.3 is 0 Å². The molecule has 0 spiro atoms. The van der Waals surface area contributed by atoms with Crippen LogP contribution in [0.15, 0.2) is 36.7 Å². The quantitative estimate of drug-likeness (QED) is 0.441. The van der Waals surface area contributed by atoms with Crippen LogP contribution in [0, 0.1) is 0 Å². The average molecular weight is 439 g/mol. The van der Waals surface area contributed by atoms with E-state index in [-0.39, 0.29) is 6.04 Å². The minimum Gasteiger partial charge on any atom is -0.428 e. The van der Waals surface area contributed by atoms with Crippen molar-refractivity contribution in [2.24, 2.45) is 0 Å². The molecule has 5 rings (SSSR count). The maximum atomic E-state index is 14.1. The highest BCUT2D eigenvalue weighted by Crippen LogP contribution is 2.36. The number of H-pyrrole nitrogens is 1. The number of alkyl halides is 1. The minimum atomic E-state index is -0.949. The van der Waals surface area contributed by atoms with Gasteiger partial charge in [-0.05, 0) is 23.8 Å². The number of aromatic amines is 1. The Hall–Kier alpha value is -3.44. The van der Waals surface area contributed by atoms with Crippen LogP contribution >= 0.6 is 11.3 Å². The molecule has 2 N–H and O–H groups in total. The first-order valence-electron chi connectivity index (χ1n) is 9.60. The van der Waals surface area contributed by atoms with Crippen molar-refractivity contribution in [3.8, 4) is 28.1 Å². The number of halogens is 1. The van der Waals surface area contributed by atoms with Gasteiger partial charge < -0.3 is 15.0 Å². The second-order valence-electron chi connectivity index (χ2n) is 7.18. The Kier molecular flexibility index (Phi) is 5.04. The lowest BCUT2D eigenvalue weighted by Crippen LogP contribution is -2.38. The second-order valence-corrected chi connectivity index (χ2v) is 8.19. The molecule has 0 bridgehead atoms. The minimum absolute atomic E-state index is 0.268. The summed E-state index contributed by atoms with van der Waals surface area (Å²) in [5.41, 5.74) is 3.38. The first-order valence-corrected chi connectivity index (χ1v) is 10.4. The van der Waals surface area contributed by atoms with Crippen LogP contribution in [0.2, 0.25) is 0 Å². The summed E-state index contributed by atoms with van der Waals surface area (Å²) < 4.78 is 20.1. The Bertz CT molecular complexity index is 1230. The number of nitrogens with zero attached hydrogens (tertiary/aromatic N) is 5. The van der Waals surface area contributed by atoms with Crippen LogP contribution in [0.5, 0.6) is 5.75 Å². The van der Waals surface area contributed by atoms with E-state index in [4.69, 9.17) is 4.74 Å². The SMILES string of the molecule is CN(c1nc2nnc(-c3ccc(-c4cn[nH]c4)cc3OC=O)cc2s1)[C@@H]1CNC[C@@H]1F. The molecule has 31 heavy (non-hydrogen) atoms. The number of anilines is 1. The van der Waals surface area contributed by atoms with Crippen LogP contribution in [-0.4, -0.2) is 64.2 Å². The molecular weight excluding hydrogens is 421 g/mol. The Morgan fingerprint density at radius 2 is 2.16 bits per heavy atom. The fourth-order valence-electron chi connectivity index (χ4n) is 3.64. The first kappa shape index (κ1) is 19.5. The molecule has 3 aromatic heterocycles. The van der Waals surface area contributed by atoms with Crippen molar-refractivity contribution >= 4 is 33.3 Å². The molecule has 4 aromatic rings. The van der Waals surface area contributed by atoms with Gasteiger partial charge in [-0.25, -0.2) is 4.39 Å². The van der Waals surface area contributed by atoms with Crippen LogP contribution in [0.3, 0.4) is 0 Å². The zero-order valence-corrected chi connectivity index (χ0v) is 17.3. The Morgan fingerprint density at radius 3 is 2.90 bits per heavy atom. The molecule has 1 fully saturated rings. The lowest BCUT2D eigenvalue weighted by Gasteiger charge is -2.24.